The monoisotopic (exact) mass is 258 g/mol. The van der Waals surface area contributed by atoms with Crippen LogP contribution in [0.25, 0.3) is 0 Å². The zero-order valence-corrected chi connectivity index (χ0v) is 10.3. The first-order valence-corrected chi connectivity index (χ1v) is 6.68. The molecule has 0 atom stereocenters. The van der Waals surface area contributed by atoms with Gasteiger partial charge in [-0.05, 0) is 19.1 Å². The average Bonchev–Trinajstić information content (AvgIpc) is 2.80. The van der Waals surface area contributed by atoms with E-state index in [0.29, 0.717) is 13.2 Å². The van der Waals surface area contributed by atoms with Gasteiger partial charge in [-0.3, -0.25) is 4.18 Å². The Morgan fingerprint density at radius 1 is 1.24 bits per heavy atom. The standard InChI is InChI=1S/C11H14O5S/c1-9-2-4-10(5-3-9)17(12,13)16-8-11-14-6-7-15-11/h2-5,11H,6-8H2,1H3. The van der Waals surface area contributed by atoms with E-state index in [2.05, 4.69) is 0 Å². The van der Waals surface area contributed by atoms with Gasteiger partial charge >= 0.3 is 0 Å². The molecule has 0 aromatic heterocycles. The van der Waals surface area contributed by atoms with Crippen LogP contribution in [0.3, 0.4) is 0 Å². The molecule has 0 spiro atoms. The first kappa shape index (κ1) is 12.5. The SMILES string of the molecule is Cc1ccc(S(=O)(=O)OCC2OCCO2)cc1. The number of hydrogen-bond donors (Lipinski definition) is 0. The van der Waals surface area contributed by atoms with Crippen molar-refractivity contribution in [3.8, 4) is 0 Å². The molecule has 0 aliphatic carbocycles. The maximum absolute atomic E-state index is 11.8. The van der Waals surface area contributed by atoms with Crippen LogP contribution in [0.1, 0.15) is 5.56 Å². The van der Waals surface area contributed by atoms with E-state index in [1.807, 2.05) is 6.92 Å². The Hall–Kier alpha value is -0.950. The van der Waals surface area contributed by atoms with Crippen molar-refractivity contribution in [2.75, 3.05) is 19.8 Å². The fourth-order valence-electron chi connectivity index (χ4n) is 1.42. The summed E-state index contributed by atoms with van der Waals surface area (Å²) in [5, 5.41) is 0. The van der Waals surface area contributed by atoms with Crippen LogP contribution in [0.4, 0.5) is 0 Å². The molecular formula is C11H14O5S. The zero-order chi connectivity index (χ0) is 12.3. The lowest BCUT2D eigenvalue weighted by molar-refractivity contribution is -0.0672. The van der Waals surface area contributed by atoms with Gasteiger partial charge in [-0.15, -0.1) is 0 Å². The van der Waals surface area contributed by atoms with E-state index in [4.69, 9.17) is 13.7 Å². The molecule has 1 aromatic rings. The van der Waals surface area contributed by atoms with E-state index in [-0.39, 0.29) is 11.5 Å². The molecule has 0 radical (unpaired) electrons. The van der Waals surface area contributed by atoms with E-state index in [1.165, 1.54) is 12.1 Å². The number of hydrogen-bond acceptors (Lipinski definition) is 5. The molecule has 1 heterocycles. The molecule has 0 N–H and O–H groups in total. The van der Waals surface area contributed by atoms with E-state index in [1.54, 1.807) is 12.1 Å². The predicted molar refractivity (Wildman–Crippen MR) is 60.0 cm³/mol. The van der Waals surface area contributed by atoms with Crippen molar-refractivity contribution in [1.29, 1.82) is 0 Å². The third kappa shape index (κ3) is 3.26. The topological polar surface area (TPSA) is 61.8 Å². The van der Waals surface area contributed by atoms with Gasteiger partial charge in [0.1, 0.15) is 6.61 Å². The Morgan fingerprint density at radius 2 is 1.82 bits per heavy atom. The Balaban J connectivity index is 2.00. The van der Waals surface area contributed by atoms with Gasteiger partial charge in [0.05, 0.1) is 18.1 Å². The average molecular weight is 258 g/mol. The first-order chi connectivity index (χ1) is 8.08. The lowest BCUT2D eigenvalue weighted by Crippen LogP contribution is -2.19. The van der Waals surface area contributed by atoms with Crippen LogP contribution in [-0.4, -0.2) is 34.5 Å². The third-order valence-corrected chi connectivity index (χ3v) is 3.66. The van der Waals surface area contributed by atoms with Crippen LogP contribution in [0.5, 0.6) is 0 Å². The van der Waals surface area contributed by atoms with Crippen molar-refractivity contribution in [2.24, 2.45) is 0 Å². The van der Waals surface area contributed by atoms with Crippen LogP contribution in [0.15, 0.2) is 29.2 Å². The molecule has 1 aliphatic rings. The van der Waals surface area contributed by atoms with Gasteiger partial charge in [-0.2, -0.15) is 8.42 Å². The summed E-state index contributed by atoms with van der Waals surface area (Å²) in [4.78, 5) is 0.140. The van der Waals surface area contributed by atoms with Crippen molar-refractivity contribution in [2.45, 2.75) is 18.1 Å². The Labute approximate surface area is 100 Å². The van der Waals surface area contributed by atoms with Gasteiger partial charge < -0.3 is 9.47 Å². The summed E-state index contributed by atoms with van der Waals surface area (Å²) in [6.07, 6.45) is -0.588. The fraction of sp³-hybridized carbons (Fsp3) is 0.455. The number of benzene rings is 1. The molecular weight excluding hydrogens is 244 g/mol. The summed E-state index contributed by atoms with van der Waals surface area (Å²) < 4.78 is 38.6. The van der Waals surface area contributed by atoms with Crippen molar-refractivity contribution >= 4 is 10.1 Å². The second kappa shape index (κ2) is 5.14. The number of rotatable bonds is 4. The minimum Gasteiger partial charge on any atom is -0.348 e. The molecule has 94 valence electrons. The summed E-state index contributed by atoms with van der Waals surface area (Å²) in [6, 6.07) is 6.47. The predicted octanol–water partition coefficient (Wildman–Crippen LogP) is 1.07. The highest BCUT2D eigenvalue weighted by Gasteiger charge is 2.21. The third-order valence-electron chi connectivity index (χ3n) is 2.36. The van der Waals surface area contributed by atoms with Gasteiger partial charge in [0.15, 0.2) is 6.29 Å². The number of aryl methyl sites for hydroxylation is 1. The zero-order valence-electron chi connectivity index (χ0n) is 9.46. The summed E-state index contributed by atoms with van der Waals surface area (Å²) >= 11 is 0. The summed E-state index contributed by atoms with van der Waals surface area (Å²) in [7, 11) is -3.72. The molecule has 17 heavy (non-hydrogen) atoms. The molecule has 1 fully saturated rings. The molecule has 0 amide bonds. The fourth-order valence-corrected chi connectivity index (χ4v) is 2.32. The van der Waals surface area contributed by atoms with Gasteiger partial charge in [0.2, 0.25) is 0 Å². The minimum atomic E-state index is -3.72. The van der Waals surface area contributed by atoms with Crippen molar-refractivity contribution in [1.82, 2.24) is 0 Å². The second-order valence-corrected chi connectivity index (χ2v) is 5.34. The normalized spacial score (nSPS) is 17.5. The number of ether oxygens (including phenoxy) is 2. The molecule has 2 rings (SSSR count). The van der Waals surface area contributed by atoms with Gasteiger partial charge in [0.25, 0.3) is 10.1 Å². The van der Waals surface area contributed by atoms with Crippen molar-refractivity contribution < 1.29 is 22.1 Å². The Bertz CT molecular complexity index is 459. The molecule has 0 saturated carbocycles. The second-order valence-electron chi connectivity index (χ2n) is 3.72. The van der Waals surface area contributed by atoms with Gasteiger partial charge in [-0.1, -0.05) is 17.7 Å². The minimum absolute atomic E-state index is 0.115. The summed E-state index contributed by atoms with van der Waals surface area (Å²) in [5.41, 5.74) is 0.992. The quantitative estimate of drug-likeness (QED) is 0.756. The van der Waals surface area contributed by atoms with Crippen LogP contribution in [-0.2, 0) is 23.8 Å². The lowest BCUT2D eigenvalue weighted by Gasteiger charge is -2.10. The van der Waals surface area contributed by atoms with Crippen LogP contribution >= 0.6 is 0 Å². The van der Waals surface area contributed by atoms with E-state index >= 15 is 0 Å². The van der Waals surface area contributed by atoms with Crippen molar-refractivity contribution in [3.05, 3.63) is 29.8 Å². The van der Waals surface area contributed by atoms with Gasteiger partial charge in [0, 0.05) is 0 Å². The Morgan fingerprint density at radius 3 is 2.41 bits per heavy atom. The Kier molecular flexibility index (Phi) is 3.78. The highest BCUT2D eigenvalue weighted by molar-refractivity contribution is 7.86. The summed E-state index contributed by atoms with van der Waals surface area (Å²) in [6.45, 7) is 2.71. The largest absolute Gasteiger partial charge is 0.348 e. The highest BCUT2D eigenvalue weighted by atomic mass is 32.2. The maximum Gasteiger partial charge on any atom is 0.297 e. The molecule has 0 bridgehead atoms. The molecule has 6 heteroatoms. The lowest BCUT2D eigenvalue weighted by atomic mass is 10.2. The summed E-state index contributed by atoms with van der Waals surface area (Å²) in [5.74, 6) is 0. The highest BCUT2D eigenvalue weighted by Crippen LogP contribution is 2.14. The van der Waals surface area contributed by atoms with E-state index < -0.39 is 16.4 Å². The van der Waals surface area contributed by atoms with Crippen LogP contribution < -0.4 is 0 Å². The van der Waals surface area contributed by atoms with Crippen LogP contribution in [0.2, 0.25) is 0 Å². The first-order valence-electron chi connectivity index (χ1n) is 5.27. The maximum atomic E-state index is 11.8. The molecule has 1 aromatic carbocycles. The van der Waals surface area contributed by atoms with E-state index in [0.717, 1.165) is 5.56 Å². The van der Waals surface area contributed by atoms with Gasteiger partial charge in [-0.25, -0.2) is 0 Å². The van der Waals surface area contributed by atoms with Crippen LogP contribution in [0, 0.1) is 6.92 Å². The molecule has 1 saturated heterocycles. The molecule has 0 unspecified atom stereocenters. The smallest absolute Gasteiger partial charge is 0.297 e. The molecule has 5 nitrogen and oxygen atoms in total. The van der Waals surface area contributed by atoms with Crippen molar-refractivity contribution in [3.63, 3.8) is 0 Å². The van der Waals surface area contributed by atoms with E-state index in [9.17, 15) is 8.42 Å². The molecule has 1 aliphatic heterocycles.